The van der Waals surface area contributed by atoms with Crippen molar-refractivity contribution < 1.29 is 9.13 Å². The zero-order valence-electron chi connectivity index (χ0n) is 11.2. The number of nitrogens with zero attached hydrogens (tertiary/aromatic N) is 1. The highest BCUT2D eigenvalue weighted by Gasteiger charge is 2.13. The minimum absolute atomic E-state index is 0.108. The molecule has 0 bridgehead atoms. The van der Waals surface area contributed by atoms with Gasteiger partial charge in [-0.15, -0.1) is 11.3 Å². The maximum absolute atomic E-state index is 13.2. The van der Waals surface area contributed by atoms with Crippen molar-refractivity contribution in [3.8, 4) is 5.75 Å². The van der Waals surface area contributed by atoms with Crippen LogP contribution in [-0.4, -0.2) is 11.6 Å². The molecule has 1 heterocycles. The van der Waals surface area contributed by atoms with E-state index in [1.165, 1.54) is 17.0 Å². The van der Waals surface area contributed by atoms with Gasteiger partial charge in [0.05, 0.1) is 29.5 Å². The monoisotopic (exact) mass is 280 g/mol. The predicted molar refractivity (Wildman–Crippen MR) is 76.5 cm³/mol. The lowest BCUT2D eigenvalue weighted by Gasteiger charge is -2.17. The lowest BCUT2D eigenvalue weighted by molar-refractivity contribution is 0.339. The van der Waals surface area contributed by atoms with Gasteiger partial charge in [-0.2, -0.15) is 0 Å². The summed E-state index contributed by atoms with van der Waals surface area (Å²) in [7, 11) is 0. The van der Waals surface area contributed by atoms with E-state index in [9.17, 15) is 4.39 Å². The highest BCUT2D eigenvalue weighted by atomic mass is 32.1. The lowest BCUT2D eigenvalue weighted by atomic mass is 10.2. The third kappa shape index (κ3) is 3.23. The van der Waals surface area contributed by atoms with Crippen LogP contribution in [0, 0.1) is 12.7 Å². The number of aromatic nitrogens is 1. The Morgan fingerprint density at radius 3 is 2.89 bits per heavy atom. The molecule has 0 aliphatic rings. The molecule has 1 N–H and O–H groups in total. The van der Waals surface area contributed by atoms with Crippen LogP contribution in [0.5, 0.6) is 5.75 Å². The molecule has 102 valence electrons. The van der Waals surface area contributed by atoms with Gasteiger partial charge in [0.2, 0.25) is 0 Å². The van der Waals surface area contributed by atoms with Crippen LogP contribution in [0.4, 0.5) is 10.1 Å². The zero-order valence-corrected chi connectivity index (χ0v) is 12.1. The lowest BCUT2D eigenvalue weighted by Crippen LogP contribution is -2.08. The number of anilines is 1. The summed E-state index contributed by atoms with van der Waals surface area (Å²) in [6, 6.07) is 4.64. The van der Waals surface area contributed by atoms with Crippen molar-refractivity contribution in [2.75, 3.05) is 11.9 Å². The Bertz CT molecular complexity index is 556. The molecule has 0 aliphatic carbocycles. The maximum atomic E-state index is 13.2. The van der Waals surface area contributed by atoms with E-state index in [-0.39, 0.29) is 11.9 Å². The number of hydrogen-bond donors (Lipinski definition) is 1. The van der Waals surface area contributed by atoms with Gasteiger partial charge in [-0.1, -0.05) is 0 Å². The minimum Gasteiger partial charge on any atom is -0.492 e. The van der Waals surface area contributed by atoms with Crippen molar-refractivity contribution >= 4 is 17.0 Å². The second kappa shape index (κ2) is 6.02. The van der Waals surface area contributed by atoms with Crippen LogP contribution in [0.2, 0.25) is 0 Å². The van der Waals surface area contributed by atoms with Crippen LogP contribution in [0.1, 0.15) is 30.5 Å². The normalized spacial score (nSPS) is 12.2. The average Bonchev–Trinajstić information content (AvgIpc) is 2.79. The smallest absolute Gasteiger partial charge is 0.145 e. The highest BCUT2D eigenvalue weighted by molar-refractivity contribution is 7.09. The van der Waals surface area contributed by atoms with Crippen molar-refractivity contribution in [3.05, 3.63) is 40.1 Å². The molecule has 0 amide bonds. The fraction of sp³-hybridized carbons (Fsp3) is 0.357. The molecule has 19 heavy (non-hydrogen) atoms. The third-order valence-corrected chi connectivity index (χ3v) is 3.91. The molecule has 2 rings (SSSR count). The summed E-state index contributed by atoms with van der Waals surface area (Å²) in [6.45, 7) is 6.43. The van der Waals surface area contributed by atoms with Gasteiger partial charge in [0.15, 0.2) is 0 Å². The summed E-state index contributed by atoms with van der Waals surface area (Å²) in [5.74, 6) is 0.243. The molecule has 0 saturated carbocycles. The van der Waals surface area contributed by atoms with Crippen LogP contribution < -0.4 is 10.1 Å². The summed E-state index contributed by atoms with van der Waals surface area (Å²) in [4.78, 5) is 5.41. The molecule has 0 aliphatic heterocycles. The summed E-state index contributed by atoms with van der Waals surface area (Å²) < 4.78 is 18.7. The van der Waals surface area contributed by atoms with Crippen LogP contribution >= 0.6 is 11.3 Å². The van der Waals surface area contributed by atoms with Crippen molar-refractivity contribution in [2.45, 2.75) is 26.8 Å². The number of nitrogens with one attached hydrogen (secondary N) is 1. The van der Waals surface area contributed by atoms with E-state index < -0.39 is 0 Å². The number of halogens is 1. The summed E-state index contributed by atoms with van der Waals surface area (Å²) in [6.07, 6.45) is 0. The third-order valence-electron chi connectivity index (χ3n) is 2.79. The fourth-order valence-electron chi connectivity index (χ4n) is 1.92. The van der Waals surface area contributed by atoms with E-state index >= 15 is 0 Å². The Labute approximate surface area is 116 Å². The summed E-state index contributed by atoms with van der Waals surface area (Å²) >= 11 is 1.61. The SMILES string of the molecule is CCOc1cc(F)ccc1NC(C)c1scnc1C. The minimum atomic E-state index is -0.296. The first kappa shape index (κ1) is 13.8. The zero-order chi connectivity index (χ0) is 13.8. The van der Waals surface area contributed by atoms with Crippen LogP contribution in [0.15, 0.2) is 23.7 Å². The molecule has 1 atom stereocenters. The second-order valence-corrected chi connectivity index (χ2v) is 5.13. The molecule has 3 nitrogen and oxygen atoms in total. The molecule has 0 saturated heterocycles. The molecule has 2 aromatic rings. The highest BCUT2D eigenvalue weighted by Crippen LogP contribution is 2.31. The first-order valence-corrected chi connectivity index (χ1v) is 7.08. The van der Waals surface area contributed by atoms with E-state index in [0.717, 1.165) is 11.4 Å². The number of benzene rings is 1. The average molecular weight is 280 g/mol. The standard InChI is InChI=1S/C14H17FN2OS/c1-4-18-13-7-11(15)5-6-12(13)17-10(3)14-9(2)16-8-19-14/h5-8,10,17H,4H2,1-3H3. The van der Waals surface area contributed by atoms with Crippen molar-refractivity contribution in [3.63, 3.8) is 0 Å². The van der Waals surface area contributed by atoms with Gasteiger partial charge in [-0.3, -0.25) is 0 Å². The Balaban J connectivity index is 2.21. The summed E-state index contributed by atoms with van der Waals surface area (Å²) in [5.41, 5.74) is 3.64. The molecular weight excluding hydrogens is 263 g/mol. The van der Waals surface area contributed by atoms with E-state index in [4.69, 9.17) is 4.74 Å². The van der Waals surface area contributed by atoms with Gasteiger partial charge in [0.1, 0.15) is 11.6 Å². The van der Waals surface area contributed by atoms with Crippen LogP contribution in [0.25, 0.3) is 0 Å². The number of ether oxygens (including phenoxy) is 1. The largest absolute Gasteiger partial charge is 0.492 e. The Morgan fingerprint density at radius 2 is 2.26 bits per heavy atom. The molecule has 0 fully saturated rings. The van der Waals surface area contributed by atoms with E-state index in [2.05, 4.69) is 17.2 Å². The quantitative estimate of drug-likeness (QED) is 0.893. The molecule has 1 aromatic carbocycles. The van der Waals surface area contributed by atoms with Gasteiger partial charge < -0.3 is 10.1 Å². The Kier molecular flexibility index (Phi) is 4.37. The molecular formula is C14H17FN2OS. The molecule has 5 heteroatoms. The molecule has 1 unspecified atom stereocenters. The van der Waals surface area contributed by atoms with E-state index in [0.29, 0.717) is 12.4 Å². The van der Waals surface area contributed by atoms with Gasteiger partial charge >= 0.3 is 0 Å². The first-order valence-electron chi connectivity index (χ1n) is 6.20. The number of aryl methyl sites for hydroxylation is 1. The number of rotatable bonds is 5. The van der Waals surface area contributed by atoms with Gasteiger partial charge in [-0.05, 0) is 32.9 Å². The Hall–Kier alpha value is -1.62. The molecule has 0 spiro atoms. The second-order valence-electron chi connectivity index (χ2n) is 4.24. The van der Waals surface area contributed by atoms with Crippen LogP contribution in [-0.2, 0) is 0 Å². The summed E-state index contributed by atoms with van der Waals surface area (Å²) in [5, 5.41) is 3.34. The van der Waals surface area contributed by atoms with Crippen molar-refractivity contribution in [1.29, 1.82) is 0 Å². The maximum Gasteiger partial charge on any atom is 0.145 e. The van der Waals surface area contributed by atoms with Crippen molar-refractivity contribution in [1.82, 2.24) is 4.98 Å². The number of thiazole rings is 1. The van der Waals surface area contributed by atoms with Crippen molar-refractivity contribution in [2.24, 2.45) is 0 Å². The Morgan fingerprint density at radius 1 is 1.47 bits per heavy atom. The van der Waals surface area contributed by atoms with E-state index in [1.54, 1.807) is 17.4 Å². The van der Waals surface area contributed by atoms with Gasteiger partial charge in [0.25, 0.3) is 0 Å². The van der Waals surface area contributed by atoms with Gasteiger partial charge in [-0.25, -0.2) is 9.37 Å². The van der Waals surface area contributed by atoms with Gasteiger partial charge in [0, 0.05) is 10.9 Å². The van der Waals surface area contributed by atoms with E-state index in [1.807, 2.05) is 19.4 Å². The molecule has 0 radical (unpaired) electrons. The van der Waals surface area contributed by atoms with Crippen LogP contribution in [0.3, 0.4) is 0 Å². The fourth-order valence-corrected chi connectivity index (χ4v) is 2.73. The number of hydrogen-bond acceptors (Lipinski definition) is 4. The first-order chi connectivity index (χ1) is 9.11. The predicted octanol–water partition coefficient (Wildman–Crippen LogP) is 4.16. The topological polar surface area (TPSA) is 34.1 Å². The molecule has 1 aromatic heterocycles.